The van der Waals surface area contributed by atoms with E-state index in [1.54, 1.807) is 4.90 Å². The number of likely N-dealkylation sites (N-methyl/N-ethyl adjacent to an activating group) is 1. The van der Waals surface area contributed by atoms with E-state index < -0.39 is 0 Å². The van der Waals surface area contributed by atoms with Gasteiger partial charge in [-0.15, -0.1) is 0 Å². The lowest BCUT2D eigenvalue weighted by molar-refractivity contribution is -0.117. The van der Waals surface area contributed by atoms with Crippen molar-refractivity contribution in [1.82, 2.24) is 10.2 Å². The number of rotatable bonds is 5. The molecule has 0 bridgehead atoms. The number of hydrogen-bond acceptors (Lipinski definition) is 5. The van der Waals surface area contributed by atoms with Gasteiger partial charge < -0.3 is 10.2 Å². The molecule has 1 saturated heterocycles. The van der Waals surface area contributed by atoms with Gasteiger partial charge in [0.25, 0.3) is 0 Å². The Morgan fingerprint density at radius 3 is 2.69 bits per heavy atom. The maximum atomic E-state index is 12.8. The van der Waals surface area contributed by atoms with E-state index in [1.807, 2.05) is 13.0 Å². The maximum absolute atomic E-state index is 12.8. The highest BCUT2D eigenvalue weighted by Gasteiger charge is 2.59. The summed E-state index contributed by atoms with van der Waals surface area (Å²) in [5.41, 5.74) is 2.86. The Balaban J connectivity index is 1.24. The molecule has 3 saturated carbocycles. The first kappa shape index (κ1) is 25.9. The van der Waals surface area contributed by atoms with Gasteiger partial charge in [0, 0.05) is 31.5 Å². The summed E-state index contributed by atoms with van der Waals surface area (Å²) in [7, 11) is 0. The second-order valence-corrected chi connectivity index (χ2v) is 12.9. The summed E-state index contributed by atoms with van der Waals surface area (Å²) in [4.78, 5) is 32.3. The lowest BCUT2D eigenvalue weighted by Crippen LogP contribution is -2.51. The molecule has 1 unspecified atom stereocenters. The molecule has 0 radical (unpaired) electrons. The number of carbonyl (C=O) groups is 2. The van der Waals surface area contributed by atoms with Gasteiger partial charge in [0.05, 0.1) is 5.71 Å². The number of nitrogens with one attached hydrogen (secondary N) is 1. The van der Waals surface area contributed by atoms with Crippen LogP contribution in [0.5, 0.6) is 0 Å². The molecule has 0 spiro atoms. The van der Waals surface area contributed by atoms with Crippen LogP contribution in [0.1, 0.15) is 98.3 Å². The first-order chi connectivity index (χ1) is 17.3. The summed E-state index contributed by atoms with van der Waals surface area (Å²) < 4.78 is 0. The molecule has 1 aliphatic heterocycles. The fourth-order valence-electron chi connectivity index (χ4n) is 9.16. The average molecular weight is 498 g/mol. The number of carbonyl (C=O) groups excluding carboxylic acids is 2. The Bertz CT molecular complexity index is 922. The molecule has 0 aromatic carbocycles. The topological polar surface area (TPSA) is 71.0 Å². The number of hydrogen-bond donors (Lipinski definition) is 1. The van der Waals surface area contributed by atoms with Crippen molar-refractivity contribution < 1.29 is 14.4 Å². The third-order valence-corrected chi connectivity index (χ3v) is 11.2. The number of ketones is 1. The zero-order valence-electron chi connectivity index (χ0n) is 23.0. The van der Waals surface area contributed by atoms with Crippen molar-refractivity contribution in [2.45, 2.75) is 104 Å². The monoisotopic (exact) mass is 497 g/mol. The van der Waals surface area contributed by atoms with Crippen LogP contribution in [0.15, 0.2) is 16.8 Å². The molecule has 36 heavy (non-hydrogen) atoms. The standard InChI is InChI=1S/C30H47N3O3/c1-5-33(19-22-8-6-7-17-31-22)28(35)36-32-20(2)25-11-12-26-24-10-9-21-18-23(34)13-15-29(21,3)27(24)14-16-30(25,26)4/h18,22,24-27,31H,5-17,19H2,1-4H3/b32-20+/t22?,24-,25+,26-,27-,29-,30+/m0/s1. The van der Waals surface area contributed by atoms with Gasteiger partial charge in [-0.2, -0.15) is 0 Å². The molecule has 5 aliphatic rings. The SMILES string of the molecule is CCN(CC1CCCCN1)C(=O)O/N=C(\C)[C@H]1CC[C@H]2[C@@H]3CCC4=CC(=O)CC[C@]4(C)[C@H]3CC[C@]12C. The minimum atomic E-state index is -0.320. The molecule has 1 amide bonds. The number of fused-ring (bicyclic) bond motifs is 5. The molecule has 5 rings (SSSR count). The third kappa shape index (κ3) is 4.56. The van der Waals surface area contributed by atoms with E-state index in [4.69, 9.17) is 4.84 Å². The van der Waals surface area contributed by atoms with Gasteiger partial charge >= 0.3 is 6.09 Å². The molecule has 6 nitrogen and oxygen atoms in total. The highest BCUT2D eigenvalue weighted by Crippen LogP contribution is 2.66. The zero-order valence-corrected chi connectivity index (χ0v) is 23.0. The number of amides is 1. The Labute approximate surface area is 217 Å². The van der Waals surface area contributed by atoms with Crippen LogP contribution in [0.3, 0.4) is 0 Å². The molecule has 6 heteroatoms. The van der Waals surface area contributed by atoms with E-state index in [-0.39, 0.29) is 16.9 Å². The van der Waals surface area contributed by atoms with Gasteiger partial charge in [0.15, 0.2) is 5.78 Å². The Kier molecular flexibility index (Phi) is 7.37. The summed E-state index contributed by atoms with van der Waals surface area (Å²) in [5.74, 6) is 2.84. The first-order valence-electron chi connectivity index (χ1n) is 14.7. The lowest BCUT2D eigenvalue weighted by atomic mass is 9.46. The van der Waals surface area contributed by atoms with Crippen LogP contribution in [-0.4, -0.2) is 48.2 Å². The van der Waals surface area contributed by atoms with E-state index >= 15 is 0 Å². The quantitative estimate of drug-likeness (QED) is 0.283. The molecule has 1 N–H and O–H groups in total. The van der Waals surface area contributed by atoms with E-state index in [1.165, 1.54) is 44.1 Å². The van der Waals surface area contributed by atoms with Crippen molar-refractivity contribution in [2.24, 2.45) is 39.7 Å². The number of oxime groups is 1. The van der Waals surface area contributed by atoms with Crippen LogP contribution in [0.4, 0.5) is 4.79 Å². The summed E-state index contributed by atoms with van der Waals surface area (Å²) in [6.45, 7) is 11.4. The zero-order chi connectivity index (χ0) is 25.5. The van der Waals surface area contributed by atoms with Crippen molar-refractivity contribution in [3.05, 3.63) is 11.6 Å². The number of piperidine rings is 1. The predicted octanol–water partition coefficient (Wildman–Crippen LogP) is 6.11. The Morgan fingerprint density at radius 2 is 1.94 bits per heavy atom. The normalized spacial score (nSPS) is 40.6. The smallest absolute Gasteiger partial charge is 0.312 e. The van der Waals surface area contributed by atoms with Crippen LogP contribution in [0.2, 0.25) is 0 Å². The predicted molar refractivity (Wildman–Crippen MR) is 143 cm³/mol. The summed E-state index contributed by atoms with van der Waals surface area (Å²) in [6, 6.07) is 0.357. The third-order valence-electron chi connectivity index (χ3n) is 11.2. The van der Waals surface area contributed by atoms with Crippen molar-refractivity contribution in [2.75, 3.05) is 19.6 Å². The fourth-order valence-corrected chi connectivity index (χ4v) is 9.16. The lowest BCUT2D eigenvalue weighted by Gasteiger charge is -2.58. The summed E-state index contributed by atoms with van der Waals surface area (Å²) >= 11 is 0. The van der Waals surface area contributed by atoms with Crippen LogP contribution >= 0.6 is 0 Å². The van der Waals surface area contributed by atoms with E-state index in [2.05, 4.69) is 31.2 Å². The van der Waals surface area contributed by atoms with Gasteiger partial charge in [-0.1, -0.05) is 31.0 Å². The van der Waals surface area contributed by atoms with Crippen LogP contribution < -0.4 is 5.32 Å². The molecule has 4 fully saturated rings. The van der Waals surface area contributed by atoms with Crippen LogP contribution in [0, 0.1) is 34.5 Å². The Hall–Kier alpha value is -1.69. The summed E-state index contributed by atoms with van der Waals surface area (Å²) in [6.07, 6.45) is 14.1. The van der Waals surface area contributed by atoms with Crippen LogP contribution in [-0.2, 0) is 9.63 Å². The van der Waals surface area contributed by atoms with E-state index in [0.29, 0.717) is 42.7 Å². The van der Waals surface area contributed by atoms with Gasteiger partial charge in [-0.05, 0) is 113 Å². The molecule has 1 heterocycles. The van der Waals surface area contributed by atoms with Gasteiger partial charge in [-0.25, -0.2) is 4.79 Å². The maximum Gasteiger partial charge on any atom is 0.436 e. The molecule has 7 atom stereocenters. The van der Waals surface area contributed by atoms with Crippen molar-refractivity contribution in [3.63, 3.8) is 0 Å². The fraction of sp³-hybridized carbons (Fsp3) is 0.833. The van der Waals surface area contributed by atoms with Gasteiger partial charge in [-0.3, -0.25) is 9.63 Å². The molecule has 0 aromatic rings. The average Bonchev–Trinajstić information content (AvgIpc) is 3.24. The van der Waals surface area contributed by atoms with Crippen molar-refractivity contribution in [1.29, 1.82) is 0 Å². The van der Waals surface area contributed by atoms with Gasteiger partial charge in [0.2, 0.25) is 0 Å². The Morgan fingerprint density at radius 1 is 1.11 bits per heavy atom. The highest BCUT2D eigenvalue weighted by atomic mass is 16.7. The highest BCUT2D eigenvalue weighted by molar-refractivity contribution is 5.91. The second kappa shape index (κ2) is 10.2. The van der Waals surface area contributed by atoms with Crippen molar-refractivity contribution >= 4 is 17.6 Å². The molecular weight excluding hydrogens is 450 g/mol. The second-order valence-electron chi connectivity index (χ2n) is 12.9. The van der Waals surface area contributed by atoms with Crippen molar-refractivity contribution in [3.8, 4) is 0 Å². The van der Waals surface area contributed by atoms with E-state index in [9.17, 15) is 9.59 Å². The van der Waals surface area contributed by atoms with Gasteiger partial charge in [0.1, 0.15) is 0 Å². The summed E-state index contributed by atoms with van der Waals surface area (Å²) in [5, 5.41) is 7.98. The van der Waals surface area contributed by atoms with Crippen LogP contribution in [0.25, 0.3) is 0 Å². The molecule has 200 valence electrons. The molecular formula is C30H47N3O3. The molecule has 0 aromatic heterocycles. The largest absolute Gasteiger partial charge is 0.436 e. The van der Waals surface area contributed by atoms with E-state index in [0.717, 1.165) is 50.3 Å². The number of nitrogens with zero attached hydrogens (tertiary/aromatic N) is 2. The number of allylic oxidation sites excluding steroid dienone is 1. The molecule has 4 aliphatic carbocycles. The minimum Gasteiger partial charge on any atom is -0.312 e. The minimum absolute atomic E-state index is 0.214. The first-order valence-corrected chi connectivity index (χ1v) is 14.7.